The van der Waals surface area contributed by atoms with Gasteiger partial charge in [0.1, 0.15) is 5.75 Å². The number of aliphatic hydroxyl groups excluding tert-OH is 1. The van der Waals surface area contributed by atoms with Crippen molar-refractivity contribution in [3.63, 3.8) is 0 Å². The van der Waals surface area contributed by atoms with Gasteiger partial charge in [-0.15, -0.1) is 0 Å². The van der Waals surface area contributed by atoms with Crippen molar-refractivity contribution < 1.29 is 14.6 Å². The van der Waals surface area contributed by atoms with Crippen LogP contribution in [0.25, 0.3) is 0 Å². The van der Waals surface area contributed by atoms with Gasteiger partial charge in [-0.05, 0) is 42.8 Å². The Balaban J connectivity index is 1.90. The van der Waals surface area contributed by atoms with E-state index in [0.717, 1.165) is 10.0 Å². The minimum atomic E-state index is -0.566. The van der Waals surface area contributed by atoms with E-state index in [1.165, 1.54) is 0 Å². The third-order valence-corrected chi connectivity index (χ3v) is 3.31. The van der Waals surface area contributed by atoms with Gasteiger partial charge >= 0.3 is 0 Å². The van der Waals surface area contributed by atoms with Crippen LogP contribution in [0.5, 0.6) is 5.75 Å². The standard InChI is InChI=1S/C16H16BrNO3/c1-11(19)12-4-2-7-15(8-12)21-10-16(20)18-14-6-3-5-13(17)9-14/h2-9,11,19H,10H2,1H3,(H,18,20)/t11-/m1/s1. The maximum atomic E-state index is 11.8. The average Bonchev–Trinajstić information content (AvgIpc) is 2.45. The second-order valence-corrected chi connectivity index (χ2v) is 5.51. The van der Waals surface area contributed by atoms with Crippen LogP contribution in [0.4, 0.5) is 5.69 Å². The summed E-state index contributed by atoms with van der Waals surface area (Å²) >= 11 is 3.34. The molecular weight excluding hydrogens is 334 g/mol. The van der Waals surface area contributed by atoms with Crippen LogP contribution in [0, 0.1) is 0 Å². The molecule has 0 aliphatic heterocycles. The molecule has 5 heteroatoms. The Morgan fingerprint density at radius 2 is 2.05 bits per heavy atom. The molecule has 0 unspecified atom stereocenters. The molecule has 0 aromatic heterocycles. The number of aliphatic hydroxyl groups is 1. The Morgan fingerprint density at radius 1 is 1.29 bits per heavy atom. The number of hydrogen-bond acceptors (Lipinski definition) is 3. The number of carbonyl (C=O) groups excluding carboxylic acids is 1. The number of hydrogen-bond donors (Lipinski definition) is 2. The maximum Gasteiger partial charge on any atom is 0.262 e. The Hall–Kier alpha value is -1.85. The second-order valence-electron chi connectivity index (χ2n) is 4.60. The van der Waals surface area contributed by atoms with Crippen LogP contribution in [-0.2, 0) is 4.79 Å². The van der Waals surface area contributed by atoms with Crippen LogP contribution in [0.2, 0.25) is 0 Å². The highest BCUT2D eigenvalue weighted by molar-refractivity contribution is 9.10. The molecule has 0 spiro atoms. The van der Waals surface area contributed by atoms with Crippen LogP contribution in [0.3, 0.4) is 0 Å². The summed E-state index contributed by atoms with van der Waals surface area (Å²) in [6.45, 7) is 1.59. The first-order chi connectivity index (χ1) is 10.0. The van der Waals surface area contributed by atoms with Gasteiger partial charge in [-0.1, -0.05) is 34.1 Å². The highest BCUT2D eigenvalue weighted by Gasteiger charge is 2.06. The van der Waals surface area contributed by atoms with Crippen LogP contribution < -0.4 is 10.1 Å². The van der Waals surface area contributed by atoms with Crippen molar-refractivity contribution >= 4 is 27.5 Å². The second kappa shape index (κ2) is 7.24. The lowest BCUT2D eigenvalue weighted by Gasteiger charge is -2.10. The van der Waals surface area contributed by atoms with Crippen LogP contribution in [-0.4, -0.2) is 17.6 Å². The molecule has 0 aliphatic carbocycles. The van der Waals surface area contributed by atoms with E-state index in [1.54, 1.807) is 37.3 Å². The minimum Gasteiger partial charge on any atom is -0.484 e. The normalized spacial score (nSPS) is 11.8. The highest BCUT2D eigenvalue weighted by atomic mass is 79.9. The number of amides is 1. The smallest absolute Gasteiger partial charge is 0.262 e. The fraction of sp³-hybridized carbons (Fsp3) is 0.188. The fourth-order valence-electron chi connectivity index (χ4n) is 1.78. The van der Waals surface area contributed by atoms with Crippen LogP contribution in [0.1, 0.15) is 18.6 Å². The van der Waals surface area contributed by atoms with Gasteiger partial charge in [0.25, 0.3) is 5.91 Å². The Bertz CT molecular complexity index is 628. The van der Waals surface area contributed by atoms with Gasteiger partial charge in [-0.25, -0.2) is 0 Å². The van der Waals surface area contributed by atoms with Crippen molar-refractivity contribution in [2.45, 2.75) is 13.0 Å². The van der Waals surface area contributed by atoms with Gasteiger partial charge in [-0.2, -0.15) is 0 Å². The summed E-state index contributed by atoms with van der Waals surface area (Å²) in [5.41, 5.74) is 1.45. The van der Waals surface area contributed by atoms with Crippen molar-refractivity contribution in [1.29, 1.82) is 0 Å². The van der Waals surface area contributed by atoms with E-state index >= 15 is 0 Å². The molecule has 2 aromatic rings. The van der Waals surface area contributed by atoms with Crippen molar-refractivity contribution in [1.82, 2.24) is 0 Å². The molecule has 110 valence electrons. The number of ether oxygens (including phenoxy) is 1. The zero-order valence-electron chi connectivity index (χ0n) is 11.5. The minimum absolute atomic E-state index is 0.0875. The first kappa shape index (κ1) is 15.5. The zero-order valence-corrected chi connectivity index (χ0v) is 13.1. The first-order valence-electron chi connectivity index (χ1n) is 6.51. The summed E-state index contributed by atoms with van der Waals surface area (Å²) in [6, 6.07) is 14.4. The van der Waals surface area contributed by atoms with E-state index < -0.39 is 6.10 Å². The molecule has 0 bridgehead atoms. The van der Waals surface area contributed by atoms with Crippen LogP contribution in [0.15, 0.2) is 53.0 Å². The molecule has 2 N–H and O–H groups in total. The van der Waals surface area contributed by atoms with Gasteiger partial charge in [0.15, 0.2) is 6.61 Å². The molecule has 21 heavy (non-hydrogen) atoms. The number of rotatable bonds is 5. The number of halogens is 1. The summed E-state index contributed by atoms with van der Waals surface area (Å²) < 4.78 is 6.32. The summed E-state index contributed by atoms with van der Waals surface area (Å²) in [4.78, 5) is 11.8. The molecule has 2 aromatic carbocycles. The predicted molar refractivity (Wildman–Crippen MR) is 85.3 cm³/mol. The lowest BCUT2D eigenvalue weighted by Crippen LogP contribution is -2.20. The quantitative estimate of drug-likeness (QED) is 0.868. The Kier molecular flexibility index (Phi) is 5.36. The molecule has 1 atom stereocenters. The molecule has 0 aliphatic rings. The van der Waals surface area contributed by atoms with E-state index in [0.29, 0.717) is 11.4 Å². The van der Waals surface area contributed by atoms with Crippen molar-refractivity contribution in [2.75, 3.05) is 11.9 Å². The number of carbonyl (C=O) groups is 1. The molecule has 4 nitrogen and oxygen atoms in total. The van der Waals surface area contributed by atoms with Gasteiger partial charge in [0, 0.05) is 10.2 Å². The van der Waals surface area contributed by atoms with E-state index in [1.807, 2.05) is 18.2 Å². The lowest BCUT2D eigenvalue weighted by atomic mass is 10.1. The first-order valence-corrected chi connectivity index (χ1v) is 7.30. The molecule has 2 rings (SSSR count). The third kappa shape index (κ3) is 4.88. The lowest BCUT2D eigenvalue weighted by molar-refractivity contribution is -0.118. The molecule has 0 saturated heterocycles. The molecule has 1 amide bonds. The number of nitrogens with one attached hydrogen (secondary N) is 1. The monoisotopic (exact) mass is 349 g/mol. The molecule has 0 radical (unpaired) electrons. The third-order valence-electron chi connectivity index (χ3n) is 2.82. The number of benzene rings is 2. The topological polar surface area (TPSA) is 58.6 Å². The summed E-state index contributed by atoms with van der Waals surface area (Å²) in [5.74, 6) is 0.313. The molecule has 0 saturated carbocycles. The van der Waals surface area contributed by atoms with Gasteiger partial charge in [0.05, 0.1) is 6.10 Å². The SMILES string of the molecule is C[C@@H](O)c1cccc(OCC(=O)Nc2cccc(Br)c2)c1. The Morgan fingerprint density at radius 3 is 2.76 bits per heavy atom. The van der Waals surface area contributed by atoms with E-state index in [9.17, 15) is 9.90 Å². The molecule has 0 fully saturated rings. The summed E-state index contributed by atoms with van der Waals surface area (Å²) in [6.07, 6.45) is -0.566. The van der Waals surface area contributed by atoms with E-state index in [2.05, 4.69) is 21.2 Å². The fourth-order valence-corrected chi connectivity index (χ4v) is 2.18. The maximum absolute atomic E-state index is 11.8. The number of anilines is 1. The molecular formula is C16H16BrNO3. The van der Waals surface area contributed by atoms with Gasteiger partial charge in [-0.3, -0.25) is 4.79 Å². The largest absolute Gasteiger partial charge is 0.484 e. The van der Waals surface area contributed by atoms with Crippen molar-refractivity contribution in [3.8, 4) is 5.75 Å². The van der Waals surface area contributed by atoms with E-state index in [4.69, 9.17) is 4.74 Å². The summed E-state index contributed by atoms with van der Waals surface area (Å²) in [7, 11) is 0. The zero-order chi connectivity index (χ0) is 15.2. The van der Waals surface area contributed by atoms with Gasteiger partial charge in [0.2, 0.25) is 0 Å². The summed E-state index contributed by atoms with van der Waals surface area (Å²) in [5, 5.41) is 12.3. The van der Waals surface area contributed by atoms with Crippen molar-refractivity contribution in [2.24, 2.45) is 0 Å². The highest BCUT2D eigenvalue weighted by Crippen LogP contribution is 2.19. The van der Waals surface area contributed by atoms with Crippen molar-refractivity contribution in [3.05, 3.63) is 58.6 Å². The molecule has 0 heterocycles. The Labute approximate surface area is 131 Å². The van der Waals surface area contributed by atoms with Gasteiger partial charge < -0.3 is 15.2 Å². The average molecular weight is 350 g/mol. The van der Waals surface area contributed by atoms with E-state index in [-0.39, 0.29) is 12.5 Å². The van der Waals surface area contributed by atoms with Crippen LogP contribution >= 0.6 is 15.9 Å². The predicted octanol–water partition coefficient (Wildman–Crippen LogP) is 3.52.